The number of hydrogen-bond donors (Lipinski definition) is 2. The van der Waals surface area contributed by atoms with E-state index in [1.807, 2.05) is 38.1 Å². The van der Waals surface area contributed by atoms with E-state index in [1.165, 1.54) is 4.90 Å². The summed E-state index contributed by atoms with van der Waals surface area (Å²) in [5, 5.41) is 12.2. The Morgan fingerprint density at radius 2 is 1.61 bits per heavy atom. The fourth-order valence-corrected chi connectivity index (χ4v) is 4.99. The number of amides is 2. The van der Waals surface area contributed by atoms with Crippen molar-refractivity contribution in [1.82, 2.24) is 10.2 Å². The lowest BCUT2D eigenvalue weighted by atomic mass is 9.73. The molecule has 7 nitrogen and oxygen atoms in total. The number of benzene rings is 2. The molecule has 2 aromatic carbocycles. The highest BCUT2D eigenvalue weighted by Crippen LogP contribution is 2.44. The minimum Gasteiger partial charge on any atom is -0.480 e. The number of carbonyl (C=O) groups is 3. The highest BCUT2D eigenvalue weighted by molar-refractivity contribution is 5.90. The molecule has 0 spiro atoms. The van der Waals surface area contributed by atoms with Crippen LogP contribution in [0.25, 0.3) is 11.1 Å². The van der Waals surface area contributed by atoms with E-state index < -0.39 is 28.9 Å². The normalized spacial score (nSPS) is 18.7. The third-order valence-corrected chi connectivity index (χ3v) is 6.72. The Morgan fingerprint density at radius 3 is 2.12 bits per heavy atom. The summed E-state index contributed by atoms with van der Waals surface area (Å²) in [7, 11) is 0. The van der Waals surface area contributed by atoms with Crippen molar-refractivity contribution in [2.75, 3.05) is 19.7 Å². The number of aliphatic carboxylic acids is 1. The van der Waals surface area contributed by atoms with E-state index in [4.69, 9.17) is 4.74 Å². The highest BCUT2D eigenvalue weighted by atomic mass is 16.5. The first-order valence-electron chi connectivity index (χ1n) is 11.2. The molecule has 2 N–H and O–H groups in total. The number of hydrogen-bond acceptors (Lipinski definition) is 4. The van der Waals surface area contributed by atoms with Crippen molar-refractivity contribution in [3.8, 4) is 11.1 Å². The highest BCUT2D eigenvalue weighted by Gasteiger charge is 2.54. The molecule has 7 heteroatoms. The topological polar surface area (TPSA) is 95.9 Å². The molecule has 174 valence electrons. The lowest BCUT2D eigenvalue weighted by Gasteiger charge is -2.53. The molecule has 33 heavy (non-hydrogen) atoms. The molecular formula is C26H30N2O5. The van der Waals surface area contributed by atoms with Crippen LogP contribution in [0.5, 0.6) is 0 Å². The third kappa shape index (κ3) is 4.08. The van der Waals surface area contributed by atoms with Gasteiger partial charge in [-0.25, -0.2) is 9.59 Å². The number of carbonyl (C=O) groups excluding carboxylic acids is 2. The first kappa shape index (κ1) is 22.8. The van der Waals surface area contributed by atoms with E-state index in [9.17, 15) is 19.5 Å². The minimum atomic E-state index is -1.01. The maximum absolute atomic E-state index is 13.0. The van der Waals surface area contributed by atoms with Crippen LogP contribution < -0.4 is 5.32 Å². The fraction of sp³-hybridized carbons (Fsp3) is 0.423. The number of fused-ring (bicyclic) bond motifs is 3. The van der Waals surface area contributed by atoms with Gasteiger partial charge in [0.2, 0.25) is 5.91 Å². The average molecular weight is 451 g/mol. The second-order valence-corrected chi connectivity index (χ2v) is 10.2. The van der Waals surface area contributed by atoms with Crippen LogP contribution in [0.3, 0.4) is 0 Å². The Hall–Kier alpha value is -3.35. The molecule has 1 heterocycles. The predicted octanol–water partition coefficient (Wildman–Crippen LogP) is 3.87. The van der Waals surface area contributed by atoms with Gasteiger partial charge < -0.3 is 20.1 Å². The monoisotopic (exact) mass is 450 g/mol. The number of alkyl carbamates (subject to hydrolysis) is 1. The van der Waals surface area contributed by atoms with Crippen molar-refractivity contribution in [1.29, 1.82) is 0 Å². The van der Waals surface area contributed by atoms with Gasteiger partial charge in [-0.15, -0.1) is 0 Å². The zero-order valence-corrected chi connectivity index (χ0v) is 19.4. The summed E-state index contributed by atoms with van der Waals surface area (Å²) in [6, 6.07) is 15.3. The molecule has 1 aliphatic heterocycles. The van der Waals surface area contributed by atoms with Gasteiger partial charge in [0, 0.05) is 24.4 Å². The molecule has 1 unspecified atom stereocenters. The maximum Gasteiger partial charge on any atom is 0.407 e. The molecule has 0 radical (unpaired) electrons. The molecule has 0 bridgehead atoms. The van der Waals surface area contributed by atoms with Crippen LogP contribution in [0.1, 0.15) is 44.7 Å². The number of carboxylic acids is 1. The molecule has 1 atom stereocenters. The lowest BCUT2D eigenvalue weighted by molar-refractivity contribution is -0.176. The summed E-state index contributed by atoms with van der Waals surface area (Å²) in [6.07, 6.45) is -0.600. The first-order valence-corrected chi connectivity index (χ1v) is 11.2. The van der Waals surface area contributed by atoms with Gasteiger partial charge in [-0.1, -0.05) is 62.4 Å². The van der Waals surface area contributed by atoms with Crippen molar-refractivity contribution in [2.45, 2.75) is 39.7 Å². The van der Waals surface area contributed by atoms with Gasteiger partial charge >= 0.3 is 12.1 Å². The van der Waals surface area contributed by atoms with Gasteiger partial charge in [0.25, 0.3) is 0 Å². The largest absolute Gasteiger partial charge is 0.480 e. The molecule has 2 aromatic rings. The fourth-order valence-electron chi connectivity index (χ4n) is 4.99. The number of likely N-dealkylation sites (tertiary alicyclic amines) is 1. The quantitative estimate of drug-likeness (QED) is 0.697. The Morgan fingerprint density at radius 1 is 1.06 bits per heavy atom. The van der Waals surface area contributed by atoms with Crippen molar-refractivity contribution in [2.24, 2.45) is 10.8 Å². The van der Waals surface area contributed by atoms with Crippen LogP contribution in [0.15, 0.2) is 48.5 Å². The SMILES string of the molecule is CC(C)(CNC(=O)OCC1c2ccccc2-c2ccccc21)C(=O)N1CC(C)(C)C1C(=O)O. The molecule has 1 saturated heterocycles. The summed E-state index contributed by atoms with van der Waals surface area (Å²) in [5.74, 6) is -1.36. The Labute approximate surface area is 193 Å². The van der Waals surface area contributed by atoms with Crippen molar-refractivity contribution >= 4 is 18.0 Å². The van der Waals surface area contributed by atoms with E-state index in [1.54, 1.807) is 13.8 Å². The molecular weight excluding hydrogens is 420 g/mol. The zero-order chi connectivity index (χ0) is 24.0. The zero-order valence-electron chi connectivity index (χ0n) is 19.4. The average Bonchev–Trinajstić information content (AvgIpc) is 3.07. The smallest absolute Gasteiger partial charge is 0.407 e. The minimum absolute atomic E-state index is 0.0440. The second kappa shape index (κ2) is 8.21. The van der Waals surface area contributed by atoms with Crippen LogP contribution in [-0.4, -0.2) is 53.7 Å². The predicted molar refractivity (Wildman–Crippen MR) is 124 cm³/mol. The second-order valence-electron chi connectivity index (χ2n) is 10.2. The molecule has 2 aliphatic rings. The van der Waals surface area contributed by atoms with Gasteiger partial charge in [0.15, 0.2) is 0 Å². The Kier molecular flexibility index (Phi) is 5.68. The van der Waals surface area contributed by atoms with Crippen molar-refractivity contribution < 1.29 is 24.2 Å². The Bertz CT molecular complexity index is 1060. The van der Waals surface area contributed by atoms with Crippen LogP contribution in [-0.2, 0) is 14.3 Å². The summed E-state index contributed by atoms with van der Waals surface area (Å²) in [4.78, 5) is 38.4. The summed E-state index contributed by atoms with van der Waals surface area (Å²) in [6.45, 7) is 7.67. The van der Waals surface area contributed by atoms with E-state index >= 15 is 0 Å². The molecule has 1 fully saturated rings. The first-order chi connectivity index (χ1) is 15.5. The molecule has 2 amide bonds. The third-order valence-electron chi connectivity index (χ3n) is 6.72. The van der Waals surface area contributed by atoms with Gasteiger partial charge in [-0.05, 0) is 36.1 Å². The van der Waals surface area contributed by atoms with Crippen LogP contribution >= 0.6 is 0 Å². The number of rotatable bonds is 6. The van der Waals surface area contributed by atoms with Gasteiger partial charge in [0.1, 0.15) is 12.6 Å². The van der Waals surface area contributed by atoms with Crippen molar-refractivity contribution in [3.05, 3.63) is 59.7 Å². The molecule has 1 aliphatic carbocycles. The van der Waals surface area contributed by atoms with E-state index in [0.29, 0.717) is 6.54 Å². The van der Waals surface area contributed by atoms with Gasteiger partial charge in [-0.3, -0.25) is 4.79 Å². The number of carboxylic acid groups (broad SMARTS) is 1. The number of ether oxygens (including phenoxy) is 1. The maximum atomic E-state index is 13.0. The van der Waals surface area contributed by atoms with Gasteiger partial charge in [0.05, 0.1) is 5.41 Å². The van der Waals surface area contributed by atoms with Gasteiger partial charge in [-0.2, -0.15) is 0 Å². The molecule has 0 aromatic heterocycles. The van der Waals surface area contributed by atoms with Crippen LogP contribution in [0.2, 0.25) is 0 Å². The van der Waals surface area contributed by atoms with Crippen LogP contribution in [0.4, 0.5) is 4.79 Å². The molecule has 4 rings (SSSR count). The van der Waals surface area contributed by atoms with E-state index in [0.717, 1.165) is 22.3 Å². The standard InChI is InChI=1S/C26H30N2O5/c1-25(2,23(31)28-15-26(3,4)21(28)22(29)30)14-27-24(32)33-13-20-18-11-7-5-9-16(18)17-10-6-8-12-19(17)20/h5-12,20-21H,13-15H2,1-4H3,(H,27,32)(H,29,30). The van der Waals surface area contributed by atoms with E-state index in [2.05, 4.69) is 29.6 Å². The van der Waals surface area contributed by atoms with E-state index in [-0.39, 0.29) is 25.0 Å². The number of nitrogens with one attached hydrogen (secondary N) is 1. The van der Waals surface area contributed by atoms with Crippen LogP contribution in [0, 0.1) is 10.8 Å². The number of nitrogens with zero attached hydrogens (tertiary/aromatic N) is 1. The summed E-state index contributed by atoms with van der Waals surface area (Å²) in [5.41, 5.74) is 3.12. The summed E-state index contributed by atoms with van der Waals surface area (Å²) < 4.78 is 5.54. The summed E-state index contributed by atoms with van der Waals surface area (Å²) >= 11 is 0. The lowest BCUT2D eigenvalue weighted by Crippen LogP contribution is -2.69. The Balaban J connectivity index is 1.35. The molecule has 0 saturated carbocycles. The van der Waals surface area contributed by atoms with Crippen molar-refractivity contribution in [3.63, 3.8) is 0 Å².